The van der Waals surface area contributed by atoms with Gasteiger partial charge in [0.1, 0.15) is 11.5 Å². The van der Waals surface area contributed by atoms with E-state index in [1.807, 2.05) is 30.0 Å². The third-order valence-corrected chi connectivity index (χ3v) is 4.18. The second-order valence-corrected chi connectivity index (χ2v) is 6.33. The average Bonchev–Trinajstić information content (AvgIpc) is 2.99. The minimum absolute atomic E-state index is 0.00890. The Morgan fingerprint density at radius 3 is 3.00 bits per heavy atom. The Morgan fingerprint density at radius 2 is 2.27 bits per heavy atom. The minimum atomic E-state index is -0.00890. The van der Waals surface area contributed by atoms with E-state index in [0.717, 1.165) is 28.8 Å². The van der Waals surface area contributed by atoms with E-state index in [4.69, 9.17) is 0 Å². The normalized spacial score (nSPS) is 17.5. The van der Waals surface area contributed by atoms with Crippen molar-refractivity contribution in [3.8, 4) is 0 Å². The van der Waals surface area contributed by atoms with Crippen LogP contribution in [0, 0.1) is 6.92 Å². The number of likely N-dealkylation sites (tertiary alicyclic amines) is 1. The first-order chi connectivity index (χ1) is 10.6. The zero-order valence-corrected chi connectivity index (χ0v) is 13.9. The molecule has 3 heterocycles. The van der Waals surface area contributed by atoms with Crippen LogP contribution in [0.2, 0.25) is 0 Å². The molecule has 3 rings (SSSR count). The van der Waals surface area contributed by atoms with Gasteiger partial charge in [-0.1, -0.05) is 6.07 Å². The third-order valence-electron chi connectivity index (χ3n) is 3.75. The van der Waals surface area contributed by atoms with Crippen molar-refractivity contribution < 1.29 is 4.79 Å². The van der Waals surface area contributed by atoms with Crippen LogP contribution in [0.3, 0.4) is 0 Å². The highest BCUT2D eigenvalue weighted by Gasteiger charge is 2.27. The SMILES string of the molecule is Cc1cc(Br)cnc1NC1CCN(C(=O)c2ccccn2)C1. The van der Waals surface area contributed by atoms with Crippen LogP contribution in [0.15, 0.2) is 41.1 Å². The van der Waals surface area contributed by atoms with E-state index in [-0.39, 0.29) is 11.9 Å². The molecule has 1 fully saturated rings. The van der Waals surface area contributed by atoms with Crippen molar-refractivity contribution in [2.24, 2.45) is 0 Å². The molecule has 1 amide bonds. The fourth-order valence-corrected chi connectivity index (χ4v) is 3.04. The molecule has 0 aromatic carbocycles. The average molecular weight is 361 g/mol. The molecule has 0 bridgehead atoms. The van der Waals surface area contributed by atoms with Gasteiger partial charge in [0.2, 0.25) is 0 Å². The molecule has 1 aliphatic heterocycles. The first-order valence-electron chi connectivity index (χ1n) is 7.22. The van der Waals surface area contributed by atoms with Gasteiger partial charge in [0.25, 0.3) is 5.91 Å². The molecular formula is C16H17BrN4O. The smallest absolute Gasteiger partial charge is 0.272 e. The summed E-state index contributed by atoms with van der Waals surface area (Å²) in [6.45, 7) is 3.43. The number of nitrogens with zero attached hydrogens (tertiary/aromatic N) is 3. The molecule has 1 aliphatic rings. The number of carbonyl (C=O) groups excluding carboxylic acids is 1. The van der Waals surface area contributed by atoms with Crippen LogP contribution in [0.4, 0.5) is 5.82 Å². The maximum Gasteiger partial charge on any atom is 0.272 e. The molecule has 2 aromatic heterocycles. The van der Waals surface area contributed by atoms with Crippen molar-refractivity contribution in [1.82, 2.24) is 14.9 Å². The lowest BCUT2D eigenvalue weighted by molar-refractivity contribution is 0.0786. The van der Waals surface area contributed by atoms with Crippen LogP contribution in [-0.2, 0) is 0 Å². The lowest BCUT2D eigenvalue weighted by Gasteiger charge is -2.17. The van der Waals surface area contributed by atoms with Crippen molar-refractivity contribution in [3.63, 3.8) is 0 Å². The van der Waals surface area contributed by atoms with E-state index in [9.17, 15) is 4.79 Å². The first kappa shape index (κ1) is 15.0. The Kier molecular flexibility index (Phi) is 4.38. The van der Waals surface area contributed by atoms with E-state index in [2.05, 4.69) is 31.2 Å². The summed E-state index contributed by atoms with van der Waals surface area (Å²) in [6.07, 6.45) is 4.34. The largest absolute Gasteiger partial charge is 0.365 e. The number of hydrogen-bond acceptors (Lipinski definition) is 4. The van der Waals surface area contributed by atoms with Gasteiger partial charge in [0.15, 0.2) is 0 Å². The fourth-order valence-electron chi connectivity index (χ4n) is 2.60. The zero-order valence-electron chi connectivity index (χ0n) is 12.3. The van der Waals surface area contributed by atoms with Crippen LogP contribution in [0.1, 0.15) is 22.5 Å². The summed E-state index contributed by atoms with van der Waals surface area (Å²) in [5.74, 6) is 0.866. The summed E-state index contributed by atoms with van der Waals surface area (Å²) < 4.78 is 0.967. The molecule has 6 heteroatoms. The Bertz CT molecular complexity index is 677. The maximum atomic E-state index is 12.4. The van der Waals surface area contributed by atoms with Crippen molar-refractivity contribution in [2.75, 3.05) is 18.4 Å². The summed E-state index contributed by atoms with van der Waals surface area (Å²) in [5.41, 5.74) is 1.59. The number of pyridine rings is 2. The third kappa shape index (κ3) is 3.27. The summed E-state index contributed by atoms with van der Waals surface area (Å²) in [6, 6.07) is 7.65. The number of nitrogens with one attached hydrogen (secondary N) is 1. The highest BCUT2D eigenvalue weighted by Crippen LogP contribution is 2.21. The van der Waals surface area contributed by atoms with Gasteiger partial charge in [-0.05, 0) is 53.0 Å². The number of aryl methyl sites for hydroxylation is 1. The van der Waals surface area contributed by atoms with Crippen LogP contribution >= 0.6 is 15.9 Å². The van der Waals surface area contributed by atoms with Gasteiger partial charge >= 0.3 is 0 Å². The number of anilines is 1. The van der Waals surface area contributed by atoms with Gasteiger partial charge in [-0.15, -0.1) is 0 Å². The molecule has 114 valence electrons. The summed E-state index contributed by atoms with van der Waals surface area (Å²) in [4.78, 5) is 22.7. The molecule has 5 nitrogen and oxygen atoms in total. The molecule has 1 atom stereocenters. The first-order valence-corrected chi connectivity index (χ1v) is 8.02. The molecule has 1 unspecified atom stereocenters. The number of amides is 1. The molecule has 1 N–H and O–H groups in total. The molecule has 0 aliphatic carbocycles. The van der Waals surface area contributed by atoms with Gasteiger partial charge < -0.3 is 10.2 Å². The second kappa shape index (κ2) is 6.44. The molecule has 1 saturated heterocycles. The maximum absolute atomic E-state index is 12.4. The van der Waals surface area contributed by atoms with Gasteiger partial charge in [-0.25, -0.2) is 4.98 Å². The van der Waals surface area contributed by atoms with Crippen molar-refractivity contribution in [3.05, 3.63) is 52.4 Å². The predicted molar refractivity (Wildman–Crippen MR) is 88.8 cm³/mol. The van der Waals surface area contributed by atoms with Gasteiger partial charge in [-0.3, -0.25) is 9.78 Å². The van der Waals surface area contributed by atoms with Crippen molar-refractivity contribution in [2.45, 2.75) is 19.4 Å². The molecular weight excluding hydrogens is 344 g/mol. The number of aromatic nitrogens is 2. The number of hydrogen-bond donors (Lipinski definition) is 1. The molecule has 0 radical (unpaired) electrons. The minimum Gasteiger partial charge on any atom is -0.365 e. The van der Waals surface area contributed by atoms with Crippen molar-refractivity contribution >= 4 is 27.7 Å². The number of rotatable bonds is 3. The number of carbonyl (C=O) groups is 1. The molecule has 2 aromatic rings. The Morgan fingerprint density at radius 1 is 1.41 bits per heavy atom. The van der Waals surface area contributed by atoms with E-state index in [1.54, 1.807) is 18.5 Å². The van der Waals surface area contributed by atoms with Crippen LogP contribution in [0.5, 0.6) is 0 Å². The monoisotopic (exact) mass is 360 g/mol. The molecule has 22 heavy (non-hydrogen) atoms. The second-order valence-electron chi connectivity index (χ2n) is 5.42. The van der Waals surface area contributed by atoms with E-state index >= 15 is 0 Å². The number of halogens is 1. The predicted octanol–water partition coefficient (Wildman–Crippen LogP) is 2.87. The van der Waals surface area contributed by atoms with Gasteiger partial charge in [0.05, 0.1) is 0 Å². The Labute approximate surface area is 137 Å². The summed E-state index contributed by atoms with van der Waals surface area (Å²) in [5, 5.41) is 3.43. The topological polar surface area (TPSA) is 58.1 Å². The zero-order chi connectivity index (χ0) is 15.5. The van der Waals surface area contributed by atoms with Crippen LogP contribution in [-0.4, -0.2) is 39.9 Å². The quantitative estimate of drug-likeness (QED) is 0.914. The van der Waals surface area contributed by atoms with E-state index in [1.165, 1.54) is 0 Å². The van der Waals surface area contributed by atoms with E-state index in [0.29, 0.717) is 12.2 Å². The lowest BCUT2D eigenvalue weighted by atomic mass is 10.2. The summed E-state index contributed by atoms with van der Waals surface area (Å²) >= 11 is 3.41. The van der Waals surface area contributed by atoms with Crippen LogP contribution in [0.25, 0.3) is 0 Å². The van der Waals surface area contributed by atoms with Gasteiger partial charge in [0, 0.05) is 36.0 Å². The highest BCUT2D eigenvalue weighted by atomic mass is 79.9. The Hall–Kier alpha value is -1.95. The Balaban J connectivity index is 1.64. The van der Waals surface area contributed by atoms with Crippen LogP contribution < -0.4 is 5.32 Å². The van der Waals surface area contributed by atoms with E-state index < -0.39 is 0 Å². The molecule has 0 spiro atoms. The summed E-state index contributed by atoms with van der Waals surface area (Å²) in [7, 11) is 0. The lowest BCUT2D eigenvalue weighted by Crippen LogP contribution is -2.32. The molecule has 0 saturated carbocycles. The standard InChI is InChI=1S/C16H17BrN4O/c1-11-8-12(17)9-19-15(11)20-13-5-7-21(10-13)16(22)14-4-2-3-6-18-14/h2-4,6,8-9,13H,5,7,10H2,1H3,(H,19,20). The fraction of sp³-hybridized carbons (Fsp3) is 0.312. The van der Waals surface area contributed by atoms with Gasteiger partial charge in [-0.2, -0.15) is 0 Å². The van der Waals surface area contributed by atoms with Crippen molar-refractivity contribution in [1.29, 1.82) is 0 Å². The highest BCUT2D eigenvalue weighted by molar-refractivity contribution is 9.10.